The number of nitrogens with zero attached hydrogens (tertiary/aromatic N) is 3. The van der Waals surface area contributed by atoms with Crippen LogP contribution in [0, 0.1) is 6.92 Å². The zero-order valence-electron chi connectivity index (χ0n) is 14.2. The Morgan fingerprint density at radius 1 is 1.32 bits per heavy atom. The van der Waals surface area contributed by atoms with Crippen molar-refractivity contribution in [2.45, 2.75) is 13.8 Å². The van der Waals surface area contributed by atoms with E-state index in [1.165, 1.54) is 17.4 Å². The Bertz CT molecular complexity index is 969. The molecule has 7 heteroatoms. The van der Waals surface area contributed by atoms with Crippen molar-refractivity contribution in [3.63, 3.8) is 0 Å². The third-order valence-electron chi connectivity index (χ3n) is 3.40. The van der Waals surface area contributed by atoms with Crippen molar-refractivity contribution >= 4 is 33.3 Å². The van der Waals surface area contributed by atoms with Crippen LogP contribution in [0.2, 0.25) is 0 Å². The summed E-state index contributed by atoms with van der Waals surface area (Å²) in [6.45, 7) is 3.76. The van der Waals surface area contributed by atoms with Gasteiger partial charge in [-0.3, -0.25) is 4.79 Å². The summed E-state index contributed by atoms with van der Waals surface area (Å²) in [5.41, 5.74) is 1.66. The summed E-state index contributed by atoms with van der Waals surface area (Å²) < 4.78 is 7.89. The van der Waals surface area contributed by atoms with E-state index >= 15 is 0 Å². The van der Waals surface area contributed by atoms with E-state index in [0.717, 1.165) is 21.7 Å². The SMILES string of the molecule is C/C=C/C=C/C(=O)Nc1cc(C)nn1-c1nc2ccc(OC)cc2s1. The van der Waals surface area contributed by atoms with Crippen molar-refractivity contribution in [3.8, 4) is 10.9 Å². The molecule has 128 valence electrons. The van der Waals surface area contributed by atoms with Gasteiger partial charge in [-0.15, -0.1) is 0 Å². The minimum Gasteiger partial charge on any atom is -0.497 e. The number of rotatable bonds is 5. The highest BCUT2D eigenvalue weighted by molar-refractivity contribution is 7.20. The van der Waals surface area contributed by atoms with Crippen LogP contribution < -0.4 is 10.1 Å². The summed E-state index contributed by atoms with van der Waals surface area (Å²) in [5, 5.41) is 7.97. The summed E-state index contributed by atoms with van der Waals surface area (Å²) in [6, 6.07) is 7.52. The molecule has 0 aliphatic heterocycles. The van der Waals surface area contributed by atoms with Gasteiger partial charge in [0, 0.05) is 12.1 Å². The molecule has 2 heterocycles. The van der Waals surface area contributed by atoms with Gasteiger partial charge in [-0.1, -0.05) is 29.6 Å². The zero-order valence-corrected chi connectivity index (χ0v) is 15.0. The Labute approximate surface area is 149 Å². The van der Waals surface area contributed by atoms with Crippen molar-refractivity contribution in [1.82, 2.24) is 14.8 Å². The van der Waals surface area contributed by atoms with Crippen LogP contribution >= 0.6 is 11.3 Å². The Kier molecular flexibility index (Phi) is 4.95. The summed E-state index contributed by atoms with van der Waals surface area (Å²) in [6.07, 6.45) is 6.80. The molecule has 0 unspecified atom stereocenters. The van der Waals surface area contributed by atoms with E-state index in [9.17, 15) is 4.79 Å². The summed E-state index contributed by atoms with van der Waals surface area (Å²) in [5.74, 6) is 1.14. The predicted molar refractivity (Wildman–Crippen MR) is 101 cm³/mol. The molecule has 0 fully saturated rings. The number of amides is 1. The molecule has 2 aromatic heterocycles. The number of benzene rings is 1. The molecule has 1 amide bonds. The molecule has 3 aromatic rings. The van der Waals surface area contributed by atoms with E-state index < -0.39 is 0 Å². The normalized spacial score (nSPS) is 11.6. The maximum atomic E-state index is 12.0. The number of anilines is 1. The van der Waals surface area contributed by atoms with Gasteiger partial charge in [0.2, 0.25) is 11.0 Å². The fourth-order valence-electron chi connectivity index (χ4n) is 2.27. The molecular formula is C18H18N4O2S. The average Bonchev–Trinajstić information content (AvgIpc) is 3.17. The Hall–Kier alpha value is -2.93. The minimum atomic E-state index is -0.220. The summed E-state index contributed by atoms with van der Waals surface area (Å²) in [7, 11) is 1.63. The van der Waals surface area contributed by atoms with Crippen molar-refractivity contribution in [1.29, 1.82) is 0 Å². The molecule has 0 radical (unpaired) electrons. The molecule has 0 saturated heterocycles. The van der Waals surface area contributed by atoms with Gasteiger partial charge in [-0.05, 0) is 32.0 Å². The molecule has 0 spiro atoms. The standard InChI is InChI=1S/C18H18N4O2S/c1-4-5-6-7-17(23)20-16-10-12(2)21-22(16)18-19-14-9-8-13(24-3)11-15(14)25-18/h4-11H,1-3H3,(H,20,23)/b5-4+,7-6+. The van der Waals surface area contributed by atoms with Crippen LogP contribution in [0.15, 0.2) is 48.6 Å². The Morgan fingerprint density at radius 2 is 2.16 bits per heavy atom. The second kappa shape index (κ2) is 7.31. The molecule has 6 nitrogen and oxygen atoms in total. The second-order valence-corrected chi connectivity index (χ2v) is 6.30. The molecule has 0 atom stereocenters. The fraction of sp³-hybridized carbons (Fsp3) is 0.167. The maximum Gasteiger partial charge on any atom is 0.249 e. The number of thiazole rings is 1. The first-order chi connectivity index (χ1) is 12.1. The number of ether oxygens (including phenoxy) is 1. The van der Waals surface area contributed by atoms with Crippen LogP contribution in [-0.4, -0.2) is 27.8 Å². The van der Waals surface area contributed by atoms with Crippen LogP contribution in [0.3, 0.4) is 0 Å². The molecule has 0 saturated carbocycles. The third-order valence-corrected chi connectivity index (χ3v) is 4.39. The minimum absolute atomic E-state index is 0.220. The Balaban J connectivity index is 1.93. The highest BCUT2D eigenvalue weighted by Gasteiger charge is 2.14. The second-order valence-electron chi connectivity index (χ2n) is 5.29. The van der Waals surface area contributed by atoms with Gasteiger partial charge in [-0.2, -0.15) is 9.78 Å². The van der Waals surface area contributed by atoms with E-state index in [1.807, 2.05) is 44.2 Å². The van der Waals surface area contributed by atoms with Crippen LogP contribution in [0.4, 0.5) is 5.82 Å². The summed E-state index contributed by atoms with van der Waals surface area (Å²) >= 11 is 1.48. The number of hydrogen-bond donors (Lipinski definition) is 1. The number of methoxy groups -OCH3 is 1. The third kappa shape index (κ3) is 3.77. The van der Waals surface area contributed by atoms with Gasteiger partial charge in [0.05, 0.1) is 23.0 Å². The molecule has 3 rings (SSSR count). The quantitative estimate of drug-likeness (QED) is 0.558. The van der Waals surface area contributed by atoms with Gasteiger partial charge in [0.25, 0.3) is 0 Å². The van der Waals surface area contributed by atoms with Crippen molar-refractivity contribution in [3.05, 3.63) is 54.3 Å². The molecule has 1 N–H and O–H groups in total. The van der Waals surface area contributed by atoms with E-state index in [0.29, 0.717) is 10.9 Å². The Morgan fingerprint density at radius 3 is 2.92 bits per heavy atom. The van der Waals surface area contributed by atoms with Gasteiger partial charge in [-0.25, -0.2) is 4.98 Å². The number of allylic oxidation sites excluding steroid dienone is 3. The number of aromatic nitrogens is 3. The van der Waals surface area contributed by atoms with E-state index in [-0.39, 0.29) is 5.91 Å². The topological polar surface area (TPSA) is 69.0 Å². The molecule has 1 aromatic carbocycles. The fourth-order valence-corrected chi connectivity index (χ4v) is 3.23. The number of fused-ring (bicyclic) bond motifs is 1. The summed E-state index contributed by atoms with van der Waals surface area (Å²) in [4.78, 5) is 16.6. The highest BCUT2D eigenvalue weighted by Crippen LogP contribution is 2.29. The molecular weight excluding hydrogens is 336 g/mol. The number of hydrogen-bond acceptors (Lipinski definition) is 5. The van der Waals surface area contributed by atoms with Gasteiger partial charge < -0.3 is 10.1 Å². The lowest BCUT2D eigenvalue weighted by Crippen LogP contribution is -2.12. The van der Waals surface area contributed by atoms with Crippen molar-refractivity contribution in [2.24, 2.45) is 0 Å². The molecule has 0 aliphatic carbocycles. The number of carbonyl (C=O) groups excluding carboxylic acids is 1. The lowest BCUT2D eigenvalue weighted by atomic mass is 10.3. The van der Waals surface area contributed by atoms with Crippen LogP contribution in [0.1, 0.15) is 12.6 Å². The maximum absolute atomic E-state index is 12.0. The monoisotopic (exact) mass is 354 g/mol. The molecule has 0 aliphatic rings. The number of aryl methyl sites for hydroxylation is 1. The van der Waals surface area contributed by atoms with Gasteiger partial charge in [0.15, 0.2) is 0 Å². The number of nitrogens with one attached hydrogen (secondary N) is 1. The lowest BCUT2D eigenvalue weighted by molar-refractivity contribution is -0.111. The predicted octanol–water partition coefficient (Wildman–Crippen LogP) is 3.87. The highest BCUT2D eigenvalue weighted by atomic mass is 32.1. The molecule has 0 bridgehead atoms. The first-order valence-electron chi connectivity index (χ1n) is 7.72. The zero-order chi connectivity index (χ0) is 17.8. The first kappa shape index (κ1) is 16.9. The van der Waals surface area contributed by atoms with Gasteiger partial charge in [0.1, 0.15) is 11.6 Å². The van der Waals surface area contributed by atoms with E-state index in [4.69, 9.17) is 4.74 Å². The van der Waals surface area contributed by atoms with Crippen LogP contribution in [0.5, 0.6) is 5.75 Å². The van der Waals surface area contributed by atoms with Crippen molar-refractivity contribution < 1.29 is 9.53 Å². The first-order valence-corrected chi connectivity index (χ1v) is 8.54. The van der Waals surface area contributed by atoms with Gasteiger partial charge >= 0.3 is 0 Å². The largest absolute Gasteiger partial charge is 0.497 e. The van der Waals surface area contributed by atoms with E-state index in [1.54, 1.807) is 23.9 Å². The lowest BCUT2D eigenvalue weighted by Gasteiger charge is -2.03. The van der Waals surface area contributed by atoms with Crippen LogP contribution in [-0.2, 0) is 4.79 Å². The smallest absolute Gasteiger partial charge is 0.249 e. The van der Waals surface area contributed by atoms with E-state index in [2.05, 4.69) is 15.4 Å². The molecule has 25 heavy (non-hydrogen) atoms. The average molecular weight is 354 g/mol. The number of carbonyl (C=O) groups is 1. The van der Waals surface area contributed by atoms with Crippen LogP contribution in [0.25, 0.3) is 15.3 Å². The van der Waals surface area contributed by atoms with Crippen molar-refractivity contribution in [2.75, 3.05) is 12.4 Å².